The minimum atomic E-state index is -3.62. The molecule has 122 valence electrons. The fourth-order valence-corrected chi connectivity index (χ4v) is 3.27. The number of benzene rings is 2. The third kappa shape index (κ3) is 5.62. The lowest BCUT2D eigenvalue weighted by Crippen LogP contribution is -2.27. The Morgan fingerprint density at radius 2 is 1.83 bits per heavy atom. The topological polar surface area (TPSA) is 75.3 Å². The van der Waals surface area contributed by atoms with Gasteiger partial charge in [-0.1, -0.05) is 33.6 Å². The Morgan fingerprint density at radius 3 is 2.48 bits per heavy atom. The van der Waals surface area contributed by atoms with Gasteiger partial charge in [0, 0.05) is 28.1 Å². The average molecular weight is 418 g/mol. The minimum absolute atomic E-state index is 0.00476. The molecule has 0 spiro atoms. The Bertz CT molecular complexity index is 795. The Kier molecular flexibility index (Phi) is 6.17. The van der Waals surface area contributed by atoms with Gasteiger partial charge in [-0.2, -0.15) is 0 Å². The molecule has 0 aliphatic carbocycles. The maximum Gasteiger partial charge on any atom is 0.240 e. The van der Waals surface area contributed by atoms with E-state index in [0.29, 0.717) is 10.7 Å². The van der Waals surface area contributed by atoms with Crippen molar-refractivity contribution in [3.8, 4) is 0 Å². The Hall–Kier alpha value is -1.41. The van der Waals surface area contributed by atoms with Crippen LogP contribution in [0.5, 0.6) is 0 Å². The SMILES string of the molecule is O=C(CCNS(=O)(=O)c1ccc(Br)cc1)Nc1cccc(Cl)c1. The van der Waals surface area contributed by atoms with E-state index in [4.69, 9.17) is 11.6 Å². The first-order valence-electron chi connectivity index (χ1n) is 6.67. The number of hydrogen-bond acceptors (Lipinski definition) is 3. The first-order valence-corrected chi connectivity index (χ1v) is 9.33. The van der Waals surface area contributed by atoms with Gasteiger partial charge in [0.05, 0.1) is 4.90 Å². The van der Waals surface area contributed by atoms with Crippen LogP contribution in [-0.4, -0.2) is 20.9 Å². The van der Waals surface area contributed by atoms with Crippen molar-refractivity contribution in [2.24, 2.45) is 0 Å². The molecule has 2 rings (SSSR count). The number of sulfonamides is 1. The molecule has 2 aromatic rings. The van der Waals surface area contributed by atoms with Crippen LogP contribution in [0.15, 0.2) is 57.9 Å². The molecule has 0 aromatic heterocycles. The zero-order valence-electron chi connectivity index (χ0n) is 11.9. The number of carbonyl (C=O) groups excluding carboxylic acids is 1. The first kappa shape index (κ1) is 17.9. The average Bonchev–Trinajstić information content (AvgIpc) is 2.47. The molecule has 1 amide bonds. The van der Waals surface area contributed by atoms with Crippen molar-refractivity contribution in [2.45, 2.75) is 11.3 Å². The molecule has 8 heteroatoms. The molecule has 0 unspecified atom stereocenters. The second-order valence-electron chi connectivity index (χ2n) is 4.66. The lowest BCUT2D eigenvalue weighted by molar-refractivity contribution is -0.116. The summed E-state index contributed by atoms with van der Waals surface area (Å²) in [5.41, 5.74) is 0.568. The summed E-state index contributed by atoms with van der Waals surface area (Å²) in [7, 11) is -3.62. The van der Waals surface area contributed by atoms with Gasteiger partial charge in [-0.15, -0.1) is 0 Å². The van der Waals surface area contributed by atoms with Gasteiger partial charge in [-0.05, 0) is 42.5 Å². The third-order valence-electron chi connectivity index (χ3n) is 2.88. The van der Waals surface area contributed by atoms with Gasteiger partial charge in [-0.3, -0.25) is 4.79 Å². The number of hydrogen-bond donors (Lipinski definition) is 2. The smallest absolute Gasteiger partial charge is 0.240 e. The zero-order chi connectivity index (χ0) is 16.9. The minimum Gasteiger partial charge on any atom is -0.326 e. The van der Waals surface area contributed by atoms with E-state index in [2.05, 4.69) is 26.0 Å². The Balaban J connectivity index is 1.86. The summed E-state index contributed by atoms with van der Waals surface area (Å²) >= 11 is 9.07. The third-order valence-corrected chi connectivity index (χ3v) is 5.12. The molecule has 2 aromatic carbocycles. The van der Waals surface area contributed by atoms with Crippen molar-refractivity contribution in [2.75, 3.05) is 11.9 Å². The number of rotatable bonds is 6. The van der Waals surface area contributed by atoms with Gasteiger partial charge in [0.2, 0.25) is 15.9 Å². The van der Waals surface area contributed by atoms with E-state index >= 15 is 0 Å². The Labute approximate surface area is 148 Å². The summed E-state index contributed by atoms with van der Waals surface area (Å²) in [4.78, 5) is 11.9. The van der Waals surface area contributed by atoms with E-state index in [1.54, 1.807) is 36.4 Å². The van der Waals surface area contributed by atoms with Crippen LogP contribution in [0.2, 0.25) is 5.02 Å². The van der Waals surface area contributed by atoms with Crippen molar-refractivity contribution in [1.82, 2.24) is 4.72 Å². The normalized spacial score (nSPS) is 11.2. The Morgan fingerprint density at radius 1 is 1.13 bits per heavy atom. The van der Waals surface area contributed by atoms with Gasteiger partial charge < -0.3 is 5.32 Å². The molecule has 5 nitrogen and oxygen atoms in total. The molecule has 23 heavy (non-hydrogen) atoms. The van der Waals surface area contributed by atoms with Crippen LogP contribution in [0.1, 0.15) is 6.42 Å². The number of nitrogens with one attached hydrogen (secondary N) is 2. The van der Waals surface area contributed by atoms with Crippen LogP contribution in [0.3, 0.4) is 0 Å². The van der Waals surface area contributed by atoms with E-state index < -0.39 is 10.0 Å². The van der Waals surface area contributed by atoms with Gasteiger partial charge in [0.1, 0.15) is 0 Å². The quantitative estimate of drug-likeness (QED) is 0.756. The lowest BCUT2D eigenvalue weighted by Gasteiger charge is -2.08. The van der Waals surface area contributed by atoms with Gasteiger partial charge >= 0.3 is 0 Å². The van der Waals surface area contributed by atoms with Gasteiger partial charge in [0.25, 0.3) is 0 Å². The van der Waals surface area contributed by atoms with Crippen LogP contribution in [0, 0.1) is 0 Å². The summed E-state index contributed by atoms with van der Waals surface area (Å²) in [6, 6.07) is 13.0. The highest BCUT2D eigenvalue weighted by Gasteiger charge is 2.14. The second-order valence-corrected chi connectivity index (χ2v) is 7.78. The summed E-state index contributed by atoms with van der Waals surface area (Å²) in [5, 5.41) is 3.16. The summed E-state index contributed by atoms with van der Waals surface area (Å²) in [5.74, 6) is -0.300. The maximum absolute atomic E-state index is 12.1. The molecule has 2 N–H and O–H groups in total. The van der Waals surface area contributed by atoms with Crippen LogP contribution >= 0.6 is 27.5 Å². The molecule has 0 saturated carbocycles. The highest BCUT2D eigenvalue weighted by Crippen LogP contribution is 2.16. The van der Waals surface area contributed by atoms with Crippen molar-refractivity contribution in [1.29, 1.82) is 0 Å². The van der Waals surface area contributed by atoms with Crippen LogP contribution in [0.25, 0.3) is 0 Å². The van der Waals surface area contributed by atoms with Crippen molar-refractivity contribution < 1.29 is 13.2 Å². The van der Waals surface area contributed by atoms with Crippen molar-refractivity contribution in [3.63, 3.8) is 0 Å². The highest BCUT2D eigenvalue weighted by atomic mass is 79.9. The molecule has 0 aliphatic rings. The lowest BCUT2D eigenvalue weighted by atomic mass is 10.3. The zero-order valence-corrected chi connectivity index (χ0v) is 15.1. The predicted molar refractivity (Wildman–Crippen MR) is 94.0 cm³/mol. The molecule has 0 heterocycles. The largest absolute Gasteiger partial charge is 0.326 e. The van der Waals surface area contributed by atoms with E-state index in [1.807, 2.05) is 0 Å². The number of carbonyl (C=O) groups is 1. The predicted octanol–water partition coefficient (Wildman–Crippen LogP) is 3.41. The van der Waals surface area contributed by atoms with E-state index in [9.17, 15) is 13.2 Å². The van der Waals surface area contributed by atoms with E-state index in [-0.39, 0.29) is 23.8 Å². The molecule has 0 bridgehead atoms. The number of anilines is 1. The molecular weight excluding hydrogens is 404 g/mol. The number of halogens is 2. The van der Waals surface area contributed by atoms with Crippen molar-refractivity contribution in [3.05, 3.63) is 58.0 Å². The van der Waals surface area contributed by atoms with Gasteiger partial charge in [0.15, 0.2) is 0 Å². The fraction of sp³-hybridized carbons (Fsp3) is 0.133. The first-order chi connectivity index (χ1) is 10.9. The van der Waals surface area contributed by atoms with Gasteiger partial charge in [-0.25, -0.2) is 13.1 Å². The highest BCUT2D eigenvalue weighted by molar-refractivity contribution is 9.10. The number of amides is 1. The van der Waals surface area contributed by atoms with Crippen molar-refractivity contribution >= 4 is 49.1 Å². The second kappa shape index (κ2) is 7.92. The van der Waals surface area contributed by atoms with Crippen LogP contribution < -0.4 is 10.0 Å². The van der Waals surface area contributed by atoms with Crippen LogP contribution in [0.4, 0.5) is 5.69 Å². The summed E-state index contributed by atoms with van der Waals surface area (Å²) in [6.07, 6.45) is 0.0161. The standard InChI is InChI=1S/C15H14BrClN2O3S/c16-11-4-6-14(7-5-11)23(21,22)18-9-8-15(20)19-13-3-1-2-12(17)10-13/h1-7,10,18H,8-9H2,(H,19,20). The summed E-state index contributed by atoms with van der Waals surface area (Å²) < 4.78 is 27.3. The van der Waals surface area contributed by atoms with E-state index in [1.165, 1.54) is 12.1 Å². The molecule has 0 aliphatic heterocycles. The molecular formula is C15H14BrClN2O3S. The molecule has 0 saturated heterocycles. The van der Waals surface area contributed by atoms with E-state index in [0.717, 1.165) is 4.47 Å². The molecule has 0 atom stereocenters. The molecule has 0 fully saturated rings. The molecule has 0 radical (unpaired) electrons. The summed E-state index contributed by atoms with van der Waals surface area (Å²) in [6.45, 7) is 0.00476. The van der Waals surface area contributed by atoms with Crippen LogP contribution in [-0.2, 0) is 14.8 Å². The monoisotopic (exact) mass is 416 g/mol. The fourth-order valence-electron chi connectivity index (χ4n) is 1.79. The maximum atomic E-state index is 12.1.